The minimum absolute atomic E-state index is 0.320. The first-order chi connectivity index (χ1) is 10.8. The third-order valence-corrected chi connectivity index (χ3v) is 3.72. The van der Waals surface area contributed by atoms with Gasteiger partial charge in [-0.3, -0.25) is 0 Å². The topological polar surface area (TPSA) is 58.9 Å². The van der Waals surface area contributed by atoms with Crippen LogP contribution in [0.15, 0.2) is 30.3 Å². The van der Waals surface area contributed by atoms with E-state index in [-0.39, 0.29) is 6.61 Å². The third kappa shape index (κ3) is 8.37. The molecule has 2 N–H and O–H groups in total. The lowest BCUT2D eigenvalue weighted by molar-refractivity contribution is -0.270. The van der Waals surface area contributed by atoms with E-state index in [0.717, 1.165) is 12.8 Å². The van der Waals surface area contributed by atoms with Gasteiger partial charge in [-0.25, -0.2) is 0 Å². The fraction of sp³-hybridized carbons (Fsp3) is 0.667. The molecule has 126 valence electrons. The van der Waals surface area contributed by atoms with Crippen LogP contribution in [0.3, 0.4) is 0 Å². The van der Waals surface area contributed by atoms with Crippen LogP contribution in [0.5, 0.6) is 5.75 Å². The molecule has 0 saturated heterocycles. The summed E-state index contributed by atoms with van der Waals surface area (Å²) in [4.78, 5) is 10.5. The fourth-order valence-electron chi connectivity index (χ4n) is 2.32. The van der Waals surface area contributed by atoms with Gasteiger partial charge in [-0.1, -0.05) is 70.1 Å². The first-order valence-electron chi connectivity index (χ1n) is 8.45. The Labute approximate surface area is 134 Å². The molecular weight excluding hydrogens is 280 g/mol. The van der Waals surface area contributed by atoms with Gasteiger partial charge in [0.05, 0.1) is 6.61 Å². The Morgan fingerprint density at radius 1 is 0.955 bits per heavy atom. The van der Waals surface area contributed by atoms with Crippen molar-refractivity contribution in [2.45, 2.75) is 70.5 Å². The summed E-state index contributed by atoms with van der Waals surface area (Å²) in [5, 5.41) is 18.9. The zero-order chi connectivity index (χ0) is 16.0. The molecule has 4 heteroatoms. The average Bonchev–Trinajstić information content (AvgIpc) is 2.57. The highest BCUT2D eigenvalue weighted by Gasteiger charge is 2.20. The van der Waals surface area contributed by atoms with E-state index in [1.54, 1.807) is 12.1 Å². The van der Waals surface area contributed by atoms with Gasteiger partial charge < -0.3 is 15.1 Å². The van der Waals surface area contributed by atoms with E-state index in [4.69, 9.17) is 14.9 Å². The molecule has 0 aliphatic rings. The van der Waals surface area contributed by atoms with Gasteiger partial charge in [-0.05, 0) is 18.6 Å². The zero-order valence-electron chi connectivity index (χ0n) is 13.6. The maximum Gasteiger partial charge on any atom is 0.165 e. The smallest absolute Gasteiger partial charge is 0.165 e. The molecule has 2 atom stereocenters. The Balaban J connectivity index is 2.23. The number of aliphatic hydroxyl groups excluding tert-OH is 2. The molecule has 0 fully saturated rings. The maximum atomic E-state index is 9.81. The Bertz CT molecular complexity index is 355. The molecule has 0 spiro atoms. The van der Waals surface area contributed by atoms with Crippen molar-refractivity contribution in [2.75, 3.05) is 6.61 Å². The molecule has 0 aromatic heterocycles. The summed E-state index contributed by atoms with van der Waals surface area (Å²) in [6.07, 6.45) is 7.69. The van der Waals surface area contributed by atoms with Gasteiger partial charge in [0.2, 0.25) is 0 Å². The summed E-state index contributed by atoms with van der Waals surface area (Å²) in [7, 11) is 0. The van der Waals surface area contributed by atoms with Crippen molar-refractivity contribution in [1.82, 2.24) is 0 Å². The van der Waals surface area contributed by atoms with Crippen molar-refractivity contribution < 1.29 is 20.0 Å². The van der Waals surface area contributed by atoms with E-state index >= 15 is 0 Å². The second-order valence-electron chi connectivity index (χ2n) is 5.69. The molecule has 2 unspecified atom stereocenters. The molecule has 1 rings (SSSR count). The molecule has 0 saturated carbocycles. The van der Waals surface area contributed by atoms with Gasteiger partial charge in [0.1, 0.15) is 12.2 Å². The quantitative estimate of drug-likeness (QED) is 0.330. The van der Waals surface area contributed by atoms with Crippen LogP contribution in [0.1, 0.15) is 58.3 Å². The van der Waals surface area contributed by atoms with E-state index < -0.39 is 12.2 Å². The molecule has 4 nitrogen and oxygen atoms in total. The van der Waals surface area contributed by atoms with Crippen LogP contribution >= 0.6 is 0 Å². The van der Waals surface area contributed by atoms with Crippen molar-refractivity contribution in [3.8, 4) is 5.75 Å². The molecule has 0 aliphatic heterocycles. The highest BCUT2D eigenvalue weighted by molar-refractivity contribution is 5.20. The van der Waals surface area contributed by atoms with Gasteiger partial charge >= 0.3 is 0 Å². The van der Waals surface area contributed by atoms with Crippen molar-refractivity contribution in [1.29, 1.82) is 0 Å². The molecule has 0 bridgehead atoms. The third-order valence-electron chi connectivity index (χ3n) is 3.72. The van der Waals surface area contributed by atoms with E-state index in [1.807, 2.05) is 18.2 Å². The molecule has 0 heterocycles. The van der Waals surface area contributed by atoms with Crippen LogP contribution in [0.25, 0.3) is 0 Å². The Kier molecular flexibility index (Phi) is 10.7. The standard InChI is InChI=1S/C18H30O4/c1-2-3-4-5-6-7-11-14-18(17(20)15-19)22-21-16-12-9-8-10-13-16/h8-10,12-13,17-20H,2-7,11,14-15H2,1H3. The lowest BCUT2D eigenvalue weighted by atomic mass is 10.0. The van der Waals surface area contributed by atoms with Crippen molar-refractivity contribution in [3.05, 3.63) is 30.3 Å². The van der Waals surface area contributed by atoms with E-state index in [1.165, 1.54) is 32.1 Å². The van der Waals surface area contributed by atoms with Crippen molar-refractivity contribution in [2.24, 2.45) is 0 Å². The SMILES string of the molecule is CCCCCCCCCC(OOc1ccccc1)C(O)CO. The number of aliphatic hydroxyl groups is 2. The van der Waals surface area contributed by atoms with Crippen LogP contribution in [-0.4, -0.2) is 29.0 Å². The highest BCUT2D eigenvalue weighted by atomic mass is 17.2. The van der Waals surface area contributed by atoms with Gasteiger partial charge in [-0.15, -0.1) is 0 Å². The summed E-state index contributed by atoms with van der Waals surface area (Å²) < 4.78 is 0. The van der Waals surface area contributed by atoms with E-state index in [2.05, 4.69) is 6.92 Å². The van der Waals surface area contributed by atoms with Gasteiger partial charge in [0.25, 0.3) is 0 Å². The summed E-state index contributed by atoms with van der Waals surface area (Å²) in [6, 6.07) is 9.18. The summed E-state index contributed by atoms with van der Waals surface area (Å²) in [5.41, 5.74) is 0. The fourth-order valence-corrected chi connectivity index (χ4v) is 2.32. The molecule has 0 aliphatic carbocycles. The van der Waals surface area contributed by atoms with Crippen molar-refractivity contribution in [3.63, 3.8) is 0 Å². The van der Waals surface area contributed by atoms with E-state index in [0.29, 0.717) is 12.2 Å². The molecule has 22 heavy (non-hydrogen) atoms. The normalized spacial score (nSPS) is 13.8. The van der Waals surface area contributed by atoms with Crippen LogP contribution in [0.4, 0.5) is 0 Å². The molecule has 1 aromatic rings. The highest BCUT2D eigenvalue weighted by Crippen LogP contribution is 2.16. The Morgan fingerprint density at radius 2 is 1.59 bits per heavy atom. The molecule has 0 amide bonds. The van der Waals surface area contributed by atoms with Crippen LogP contribution in [-0.2, 0) is 4.89 Å². The second-order valence-corrected chi connectivity index (χ2v) is 5.69. The summed E-state index contributed by atoms with van der Waals surface area (Å²) in [6.45, 7) is 1.89. The van der Waals surface area contributed by atoms with Crippen molar-refractivity contribution >= 4 is 0 Å². The van der Waals surface area contributed by atoms with Crippen LogP contribution < -0.4 is 4.89 Å². The lowest BCUT2D eigenvalue weighted by Gasteiger charge is -2.20. The maximum absolute atomic E-state index is 9.81. The van der Waals surface area contributed by atoms with Gasteiger partial charge in [-0.2, -0.15) is 4.89 Å². The first kappa shape index (κ1) is 18.9. The monoisotopic (exact) mass is 310 g/mol. The van der Waals surface area contributed by atoms with Gasteiger partial charge in [0, 0.05) is 0 Å². The number of hydrogen-bond donors (Lipinski definition) is 2. The molecular formula is C18H30O4. The number of hydrogen-bond acceptors (Lipinski definition) is 4. The first-order valence-corrected chi connectivity index (χ1v) is 8.45. The predicted molar refractivity (Wildman–Crippen MR) is 87.6 cm³/mol. The summed E-state index contributed by atoms with van der Waals surface area (Å²) in [5.74, 6) is 0.595. The second kappa shape index (κ2) is 12.4. The largest absolute Gasteiger partial charge is 0.394 e. The molecule has 0 radical (unpaired) electrons. The molecule has 1 aromatic carbocycles. The lowest BCUT2D eigenvalue weighted by Crippen LogP contribution is -2.33. The number of para-hydroxylation sites is 1. The zero-order valence-corrected chi connectivity index (χ0v) is 13.6. The Morgan fingerprint density at radius 3 is 2.23 bits per heavy atom. The van der Waals surface area contributed by atoms with Gasteiger partial charge in [0.15, 0.2) is 5.75 Å². The number of unbranched alkanes of at least 4 members (excludes halogenated alkanes) is 6. The van der Waals surface area contributed by atoms with Crippen LogP contribution in [0, 0.1) is 0 Å². The minimum Gasteiger partial charge on any atom is -0.394 e. The summed E-state index contributed by atoms with van der Waals surface area (Å²) >= 11 is 0. The predicted octanol–water partition coefficient (Wildman–Crippen LogP) is 3.86. The number of rotatable bonds is 13. The van der Waals surface area contributed by atoms with Crippen LogP contribution in [0.2, 0.25) is 0 Å². The number of benzene rings is 1. The Hall–Kier alpha value is -1.10. The average molecular weight is 310 g/mol. The minimum atomic E-state index is -0.913. The van der Waals surface area contributed by atoms with E-state index in [9.17, 15) is 5.11 Å².